The van der Waals surface area contributed by atoms with Crippen LogP contribution in [0.3, 0.4) is 0 Å². The molecule has 0 saturated carbocycles. The van der Waals surface area contributed by atoms with Gasteiger partial charge in [0.1, 0.15) is 0 Å². The van der Waals surface area contributed by atoms with Crippen molar-refractivity contribution in [3.05, 3.63) is 35.4 Å². The third-order valence-corrected chi connectivity index (χ3v) is 4.59. The summed E-state index contributed by atoms with van der Waals surface area (Å²) in [4.78, 5) is 9.04. The highest BCUT2D eigenvalue weighted by molar-refractivity contribution is 9.08. The molecule has 0 aliphatic rings. The van der Waals surface area contributed by atoms with E-state index in [1.807, 2.05) is 0 Å². The van der Waals surface area contributed by atoms with Crippen LogP contribution in [-0.2, 0) is 20.8 Å². The van der Waals surface area contributed by atoms with Gasteiger partial charge in [-0.15, -0.1) is 0 Å². The van der Waals surface area contributed by atoms with Gasteiger partial charge in [-0.05, 0) is 23.5 Å². The van der Waals surface area contributed by atoms with Crippen molar-refractivity contribution < 1.29 is 14.0 Å². The van der Waals surface area contributed by atoms with E-state index in [9.17, 15) is 4.57 Å². The van der Waals surface area contributed by atoms with Crippen LogP contribution in [0, 0.1) is 5.92 Å². The number of rotatable bonds is 8. The minimum atomic E-state index is -2.89. The molecule has 1 rings (SSSR count). The van der Waals surface area contributed by atoms with Crippen molar-refractivity contribution in [1.82, 2.24) is 0 Å². The van der Waals surface area contributed by atoms with Gasteiger partial charge < -0.3 is 9.42 Å². The van der Waals surface area contributed by atoms with Crippen molar-refractivity contribution in [3.63, 3.8) is 0 Å². The molecule has 0 heterocycles. The highest BCUT2D eigenvalue weighted by atomic mass is 79.9. The van der Waals surface area contributed by atoms with Crippen LogP contribution in [0.4, 0.5) is 0 Å². The molecular weight excluding hydrogens is 327 g/mol. The van der Waals surface area contributed by atoms with E-state index in [0.717, 1.165) is 23.7 Å². The van der Waals surface area contributed by atoms with Crippen LogP contribution in [0.15, 0.2) is 24.3 Å². The Hall–Kier alpha value is -0.150. The number of hydrogen-bond donors (Lipinski definition) is 1. The Morgan fingerprint density at radius 1 is 1.21 bits per heavy atom. The smallest absolute Gasteiger partial charge is 0.316 e. The molecule has 19 heavy (non-hydrogen) atoms. The van der Waals surface area contributed by atoms with E-state index in [2.05, 4.69) is 54.0 Å². The van der Waals surface area contributed by atoms with E-state index in [4.69, 9.17) is 9.42 Å². The van der Waals surface area contributed by atoms with Crippen LogP contribution in [0.1, 0.15) is 37.8 Å². The molecule has 5 heteroatoms. The second kappa shape index (κ2) is 8.91. The molecule has 1 aromatic carbocycles. The minimum absolute atomic E-state index is 0.179. The summed E-state index contributed by atoms with van der Waals surface area (Å²) in [5.74, 6) is 0.317. The second-order valence-corrected chi connectivity index (χ2v) is 5.98. The van der Waals surface area contributed by atoms with Crippen molar-refractivity contribution in [2.75, 3.05) is 0 Å². The Morgan fingerprint density at radius 2 is 1.74 bits per heavy atom. The number of alkyl halides is 1. The van der Waals surface area contributed by atoms with Gasteiger partial charge in [0.2, 0.25) is 0 Å². The summed E-state index contributed by atoms with van der Waals surface area (Å²) >= 11 is 3.42. The van der Waals surface area contributed by atoms with Crippen molar-refractivity contribution in [2.24, 2.45) is 5.92 Å². The van der Waals surface area contributed by atoms with Gasteiger partial charge in [-0.25, -0.2) is 0 Å². The van der Waals surface area contributed by atoms with Crippen LogP contribution in [0.5, 0.6) is 0 Å². The van der Waals surface area contributed by atoms with Crippen LogP contribution in [0.25, 0.3) is 0 Å². The SMILES string of the molecule is CCC(CC)C(Cc1ccc(CBr)cc1)O[PH](=O)O. The molecule has 0 aliphatic heterocycles. The second-order valence-electron chi connectivity index (χ2n) is 4.65. The fraction of sp³-hybridized carbons (Fsp3) is 0.571. The molecular formula is C14H22BrO3P. The Kier molecular flexibility index (Phi) is 7.93. The van der Waals surface area contributed by atoms with Crippen LogP contribution in [0.2, 0.25) is 0 Å². The lowest BCUT2D eigenvalue weighted by Crippen LogP contribution is -2.23. The molecule has 1 N–H and O–H groups in total. The first-order valence-electron chi connectivity index (χ1n) is 6.64. The molecule has 0 saturated heterocycles. The Labute approximate surface area is 124 Å². The van der Waals surface area contributed by atoms with Gasteiger partial charge in [-0.2, -0.15) is 0 Å². The van der Waals surface area contributed by atoms with Gasteiger partial charge in [0.05, 0.1) is 6.10 Å². The molecule has 3 nitrogen and oxygen atoms in total. The lowest BCUT2D eigenvalue weighted by molar-refractivity contribution is 0.121. The molecule has 2 unspecified atom stereocenters. The normalized spacial score (nSPS) is 14.6. The van der Waals surface area contributed by atoms with Crippen molar-refractivity contribution in [3.8, 4) is 0 Å². The first-order chi connectivity index (χ1) is 9.10. The molecule has 0 fully saturated rings. The highest BCUT2D eigenvalue weighted by Gasteiger charge is 2.21. The summed E-state index contributed by atoms with van der Waals surface area (Å²) in [5.41, 5.74) is 2.37. The fourth-order valence-corrected chi connectivity index (χ4v) is 3.15. The molecule has 0 bridgehead atoms. The zero-order chi connectivity index (χ0) is 14.3. The van der Waals surface area contributed by atoms with E-state index in [0.29, 0.717) is 12.3 Å². The summed E-state index contributed by atoms with van der Waals surface area (Å²) in [7, 11) is -2.89. The summed E-state index contributed by atoms with van der Waals surface area (Å²) in [6, 6.07) is 8.25. The molecule has 0 aliphatic carbocycles. The summed E-state index contributed by atoms with van der Waals surface area (Å²) < 4.78 is 16.2. The van der Waals surface area contributed by atoms with E-state index < -0.39 is 8.25 Å². The predicted molar refractivity (Wildman–Crippen MR) is 82.9 cm³/mol. The van der Waals surface area contributed by atoms with E-state index in [-0.39, 0.29) is 6.10 Å². The minimum Gasteiger partial charge on any atom is -0.326 e. The van der Waals surface area contributed by atoms with Crippen molar-refractivity contribution >= 4 is 24.2 Å². The lowest BCUT2D eigenvalue weighted by atomic mass is 9.92. The van der Waals surface area contributed by atoms with Gasteiger partial charge in [-0.3, -0.25) is 4.57 Å². The largest absolute Gasteiger partial charge is 0.326 e. The highest BCUT2D eigenvalue weighted by Crippen LogP contribution is 2.28. The summed E-state index contributed by atoms with van der Waals surface area (Å²) in [6.45, 7) is 4.18. The third-order valence-electron chi connectivity index (χ3n) is 3.44. The quantitative estimate of drug-likeness (QED) is 0.561. The van der Waals surface area contributed by atoms with Gasteiger partial charge in [0, 0.05) is 5.33 Å². The molecule has 108 valence electrons. The average Bonchev–Trinajstić information content (AvgIpc) is 2.40. The van der Waals surface area contributed by atoms with Gasteiger partial charge in [0.25, 0.3) is 0 Å². The zero-order valence-corrected chi connectivity index (χ0v) is 14.0. The number of halogens is 1. The Bertz CT molecular complexity index is 390. The fourth-order valence-electron chi connectivity index (χ4n) is 2.25. The monoisotopic (exact) mass is 348 g/mol. The van der Waals surface area contributed by atoms with E-state index in [1.54, 1.807) is 0 Å². The van der Waals surface area contributed by atoms with Crippen LogP contribution < -0.4 is 0 Å². The lowest BCUT2D eigenvalue weighted by Gasteiger charge is -2.24. The predicted octanol–water partition coefficient (Wildman–Crippen LogP) is 4.33. The summed E-state index contributed by atoms with van der Waals surface area (Å²) in [6.07, 6.45) is 2.42. The standard InChI is InChI=1S/C14H22BrO3P/c1-3-13(4-2)14(18-19(16)17)9-11-5-7-12(10-15)8-6-11/h5-8,13-14,19H,3-4,9-10H2,1-2H3,(H,16,17). The number of hydrogen-bond acceptors (Lipinski definition) is 2. The Balaban J connectivity index is 2.77. The first kappa shape index (κ1) is 16.9. The topological polar surface area (TPSA) is 46.5 Å². The first-order valence-corrected chi connectivity index (χ1v) is 9.02. The molecule has 0 amide bonds. The van der Waals surface area contributed by atoms with Gasteiger partial charge in [-0.1, -0.05) is 66.9 Å². The third kappa shape index (κ3) is 5.78. The van der Waals surface area contributed by atoms with E-state index in [1.165, 1.54) is 5.56 Å². The number of benzene rings is 1. The van der Waals surface area contributed by atoms with E-state index >= 15 is 0 Å². The van der Waals surface area contributed by atoms with Gasteiger partial charge >= 0.3 is 8.25 Å². The van der Waals surface area contributed by atoms with Crippen LogP contribution in [-0.4, -0.2) is 11.0 Å². The van der Waals surface area contributed by atoms with Gasteiger partial charge in [0.15, 0.2) is 0 Å². The molecule has 0 aromatic heterocycles. The maximum absolute atomic E-state index is 11.0. The average molecular weight is 349 g/mol. The summed E-state index contributed by atoms with van der Waals surface area (Å²) in [5, 5.41) is 0.837. The maximum Gasteiger partial charge on any atom is 0.316 e. The molecule has 0 spiro atoms. The molecule has 2 atom stereocenters. The van der Waals surface area contributed by atoms with Crippen molar-refractivity contribution in [2.45, 2.75) is 44.5 Å². The van der Waals surface area contributed by atoms with Crippen LogP contribution >= 0.6 is 24.2 Å². The zero-order valence-electron chi connectivity index (χ0n) is 11.4. The Morgan fingerprint density at radius 3 is 2.16 bits per heavy atom. The molecule has 1 aromatic rings. The maximum atomic E-state index is 11.0. The van der Waals surface area contributed by atoms with Crippen molar-refractivity contribution in [1.29, 1.82) is 0 Å². The molecule has 0 radical (unpaired) electrons.